The van der Waals surface area contributed by atoms with Crippen molar-refractivity contribution in [1.29, 1.82) is 0 Å². The highest BCUT2D eigenvalue weighted by Gasteiger charge is 2.13. The summed E-state index contributed by atoms with van der Waals surface area (Å²) < 4.78 is 15.0. The fourth-order valence-corrected chi connectivity index (χ4v) is 3.05. The van der Waals surface area contributed by atoms with E-state index in [1.54, 1.807) is 31.2 Å². The van der Waals surface area contributed by atoms with Gasteiger partial charge in [0.25, 0.3) is 5.91 Å². The van der Waals surface area contributed by atoms with Gasteiger partial charge in [0.05, 0.1) is 30.8 Å². The van der Waals surface area contributed by atoms with E-state index in [2.05, 4.69) is 17.6 Å². The molecular weight excluding hydrogens is 480 g/mol. The maximum atomic E-state index is 12.1. The summed E-state index contributed by atoms with van der Waals surface area (Å²) in [5.74, 6) is -2.57. The lowest BCUT2D eigenvalue weighted by Crippen LogP contribution is -2.21. The molecule has 0 saturated carbocycles. The minimum atomic E-state index is -0.705. The van der Waals surface area contributed by atoms with Gasteiger partial charge in [0.2, 0.25) is 5.91 Å². The highest BCUT2D eigenvalue weighted by Crippen LogP contribution is 2.13. The lowest BCUT2D eigenvalue weighted by atomic mass is 10.2. The number of rotatable bonds is 14. The SMILES string of the molecule is CCCCCOC(=O)c1ccc(NC(=O)CCC(=O)OCC(=O)Nc2ccc(C(=O)OCC)cc2)cc1. The number of esters is 3. The molecule has 0 bridgehead atoms. The van der Waals surface area contributed by atoms with Crippen molar-refractivity contribution in [2.24, 2.45) is 0 Å². The number of hydrogen-bond donors (Lipinski definition) is 2. The van der Waals surface area contributed by atoms with E-state index in [1.807, 2.05) is 0 Å². The normalized spacial score (nSPS) is 10.2. The Labute approximate surface area is 215 Å². The van der Waals surface area contributed by atoms with Crippen LogP contribution in [0.2, 0.25) is 0 Å². The van der Waals surface area contributed by atoms with Crippen LogP contribution in [0.15, 0.2) is 48.5 Å². The van der Waals surface area contributed by atoms with Gasteiger partial charge in [0, 0.05) is 17.8 Å². The molecule has 2 amide bonds. The first-order valence-corrected chi connectivity index (χ1v) is 12.1. The summed E-state index contributed by atoms with van der Waals surface area (Å²) >= 11 is 0. The molecule has 0 aliphatic heterocycles. The number of carbonyl (C=O) groups excluding carboxylic acids is 5. The van der Waals surface area contributed by atoms with Crippen molar-refractivity contribution in [2.75, 3.05) is 30.5 Å². The summed E-state index contributed by atoms with van der Waals surface area (Å²) in [5.41, 5.74) is 1.62. The van der Waals surface area contributed by atoms with Crippen LogP contribution in [0.25, 0.3) is 0 Å². The van der Waals surface area contributed by atoms with Crippen molar-refractivity contribution in [3.05, 3.63) is 59.7 Å². The van der Waals surface area contributed by atoms with Crippen LogP contribution in [0.4, 0.5) is 11.4 Å². The Hall–Kier alpha value is -4.21. The molecule has 2 aromatic rings. The molecular formula is C27H32N2O8. The number of amides is 2. The fourth-order valence-electron chi connectivity index (χ4n) is 3.05. The Bertz CT molecular complexity index is 1060. The molecule has 37 heavy (non-hydrogen) atoms. The molecule has 0 saturated heterocycles. The molecule has 198 valence electrons. The number of ether oxygens (including phenoxy) is 3. The number of benzene rings is 2. The Balaban J connectivity index is 1.67. The molecule has 2 rings (SSSR count). The van der Waals surface area contributed by atoms with Crippen LogP contribution in [-0.2, 0) is 28.6 Å². The molecule has 0 spiro atoms. The van der Waals surface area contributed by atoms with Gasteiger partial charge in [-0.1, -0.05) is 19.8 Å². The molecule has 0 unspecified atom stereocenters. The number of unbranched alkanes of at least 4 members (excludes halogenated alkanes) is 2. The van der Waals surface area contributed by atoms with Gasteiger partial charge in [-0.2, -0.15) is 0 Å². The Morgan fingerprint density at radius 3 is 1.73 bits per heavy atom. The second-order valence-electron chi connectivity index (χ2n) is 7.98. The van der Waals surface area contributed by atoms with Crippen LogP contribution in [0.1, 0.15) is 66.7 Å². The summed E-state index contributed by atoms with van der Waals surface area (Å²) in [5, 5.41) is 5.17. The van der Waals surface area contributed by atoms with Gasteiger partial charge in [0.15, 0.2) is 6.61 Å². The maximum Gasteiger partial charge on any atom is 0.338 e. The average molecular weight is 513 g/mol. The van der Waals surface area contributed by atoms with Gasteiger partial charge >= 0.3 is 17.9 Å². The summed E-state index contributed by atoms with van der Waals surface area (Å²) in [6.45, 7) is 3.88. The monoisotopic (exact) mass is 512 g/mol. The van der Waals surface area contributed by atoms with E-state index in [-0.39, 0.29) is 19.4 Å². The van der Waals surface area contributed by atoms with Crippen molar-refractivity contribution in [2.45, 2.75) is 46.0 Å². The molecule has 0 radical (unpaired) electrons. The third-order valence-electron chi connectivity index (χ3n) is 4.99. The average Bonchev–Trinajstić information content (AvgIpc) is 2.89. The minimum absolute atomic E-state index is 0.142. The zero-order valence-corrected chi connectivity index (χ0v) is 21.0. The second kappa shape index (κ2) is 15.7. The van der Waals surface area contributed by atoms with E-state index in [0.717, 1.165) is 19.3 Å². The Morgan fingerprint density at radius 2 is 1.19 bits per heavy atom. The molecule has 10 nitrogen and oxygen atoms in total. The van der Waals surface area contributed by atoms with E-state index >= 15 is 0 Å². The smallest absolute Gasteiger partial charge is 0.338 e. The topological polar surface area (TPSA) is 137 Å². The van der Waals surface area contributed by atoms with Gasteiger partial charge in [-0.25, -0.2) is 9.59 Å². The Morgan fingerprint density at radius 1 is 0.649 bits per heavy atom. The molecule has 2 aromatic carbocycles. The fraction of sp³-hybridized carbons (Fsp3) is 0.370. The molecule has 0 fully saturated rings. The van der Waals surface area contributed by atoms with Gasteiger partial charge in [-0.05, 0) is 61.9 Å². The second-order valence-corrected chi connectivity index (χ2v) is 7.98. The molecule has 0 aliphatic rings. The van der Waals surface area contributed by atoms with Crippen LogP contribution in [0, 0.1) is 0 Å². The van der Waals surface area contributed by atoms with E-state index in [9.17, 15) is 24.0 Å². The molecule has 2 N–H and O–H groups in total. The first-order valence-electron chi connectivity index (χ1n) is 12.1. The van der Waals surface area contributed by atoms with Gasteiger partial charge < -0.3 is 24.8 Å². The van der Waals surface area contributed by atoms with Crippen molar-refractivity contribution in [1.82, 2.24) is 0 Å². The molecule has 0 atom stereocenters. The van der Waals surface area contributed by atoms with Crippen LogP contribution in [0.5, 0.6) is 0 Å². The van der Waals surface area contributed by atoms with Crippen molar-refractivity contribution in [3.8, 4) is 0 Å². The highest BCUT2D eigenvalue weighted by atomic mass is 16.5. The Kier molecular flexibility index (Phi) is 12.3. The van der Waals surface area contributed by atoms with Gasteiger partial charge in [-0.3, -0.25) is 14.4 Å². The molecule has 0 heterocycles. The van der Waals surface area contributed by atoms with Crippen molar-refractivity contribution < 1.29 is 38.2 Å². The number of nitrogens with one attached hydrogen (secondary N) is 2. The van der Waals surface area contributed by atoms with E-state index in [1.165, 1.54) is 24.3 Å². The standard InChI is InChI=1S/C27H32N2O8/c1-3-5-6-17-36-27(34)20-9-11-21(12-10-20)28-23(30)15-16-25(32)37-18-24(31)29-22-13-7-19(8-14-22)26(33)35-4-2/h7-14H,3-6,15-18H2,1-2H3,(H,28,30)(H,29,31). The highest BCUT2D eigenvalue weighted by molar-refractivity contribution is 5.96. The third-order valence-corrected chi connectivity index (χ3v) is 4.99. The predicted molar refractivity (Wildman–Crippen MR) is 136 cm³/mol. The van der Waals surface area contributed by atoms with Crippen LogP contribution in [-0.4, -0.2) is 49.5 Å². The quantitative estimate of drug-likeness (QED) is 0.219. The van der Waals surface area contributed by atoms with Crippen LogP contribution >= 0.6 is 0 Å². The summed E-state index contributed by atoms with van der Waals surface area (Å²) in [4.78, 5) is 59.6. The zero-order chi connectivity index (χ0) is 27.0. The molecule has 10 heteroatoms. The van der Waals surface area contributed by atoms with E-state index < -0.39 is 36.3 Å². The summed E-state index contributed by atoms with van der Waals surface area (Å²) in [7, 11) is 0. The van der Waals surface area contributed by atoms with Gasteiger partial charge in [-0.15, -0.1) is 0 Å². The molecule has 0 aliphatic carbocycles. The molecule has 0 aromatic heterocycles. The lowest BCUT2D eigenvalue weighted by Gasteiger charge is -2.08. The first kappa shape index (κ1) is 29.0. The van der Waals surface area contributed by atoms with Crippen LogP contribution < -0.4 is 10.6 Å². The number of hydrogen-bond acceptors (Lipinski definition) is 8. The van der Waals surface area contributed by atoms with Crippen molar-refractivity contribution >= 4 is 41.1 Å². The van der Waals surface area contributed by atoms with Gasteiger partial charge in [0.1, 0.15) is 0 Å². The minimum Gasteiger partial charge on any atom is -0.462 e. The predicted octanol–water partition coefficient (Wildman–Crippen LogP) is 4.11. The first-order chi connectivity index (χ1) is 17.8. The van der Waals surface area contributed by atoms with Crippen LogP contribution in [0.3, 0.4) is 0 Å². The summed E-state index contributed by atoms with van der Waals surface area (Å²) in [6, 6.07) is 12.3. The maximum absolute atomic E-state index is 12.1. The lowest BCUT2D eigenvalue weighted by molar-refractivity contribution is -0.147. The number of anilines is 2. The zero-order valence-electron chi connectivity index (χ0n) is 21.0. The summed E-state index contributed by atoms with van der Waals surface area (Å²) in [6.07, 6.45) is 2.49. The number of carbonyl (C=O) groups is 5. The largest absolute Gasteiger partial charge is 0.462 e. The van der Waals surface area contributed by atoms with E-state index in [4.69, 9.17) is 14.2 Å². The van der Waals surface area contributed by atoms with Crippen molar-refractivity contribution in [3.63, 3.8) is 0 Å². The third kappa shape index (κ3) is 10.9. The van der Waals surface area contributed by atoms with E-state index in [0.29, 0.717) is 29.1 Å².